The third kappa shape index (κ3) is 3.88. The lowest BCUT2D eigenvalue weighted by Crippen LogP contribution is -2.48. The number of benzene rings is 1. The maximum atomic E-state index is 13.1. The summed E-state index contributed by atoms with van der Waals surface area (Å²) in [4.78, 5) is 33.1. The highest BCUT2D eigenvalue weighted by Gasteiger charge is 2.28. The topological polar surface area (TPSA) is 53.0 Å². The van der Waals surface area contributed by atoms with Crippen molar-refractivity contribution in [1.29, 1.82) is 0 Å². The molecule has 0 radical (unpaired) electrons. The Balaban J connectivity index is 1.39. The maximum Gasteiger partial charge on any atom is 0.283 e. The number of allylic oxidation sites excluding steroid dienone is 3. The Morgan fingerprint density at radius 3 is 2.63 bits per heavy atom. The summed E-state index contributed by atoms with van der Waals surface area (Å²) in [6.07, 6.45) is 8.97. The third-order valence-corrected chi connectivity index (χ3v) is 5.89. The molecule has 4 rings (SSSR count). The van der Waals surface area contributed by atoms with Crippen LogP contribution in [0, 0.1) is 5.82 Å². The van der Waals surface area contributed by atoms with Gasteiger partial charge in [-0.2, -0.15) is 0 Å². The Morgan fingerprint density at radius 1 is 1.15 bits per heavy atom. The average molecular weight is 383 g/mol. The summed E-state index contributed by atoms with van der Waals surface area (Å²) < 4.78 is 13.1. The van der Waals surface area contributed by atoms with Crippen molar-refractivity contribution in [2.75, 3.05) is 31.1 Å². The van der Waals surface area contributed by atoms with Gasteiger partial charge in [-0.15, -0.1) is 11.8 Å². The van der Waals surface area contributed by atoms with Crippen molar-refractivity contribution in [3.63, 3.8) is 0 Å². The summed E-state index contributed by atoms with van der Waals surface area (Å²) in [6.45, 7) is 2.44. The van der Waals surface area contributed by atoms with E-state index in [1.54, 1.807) is 17.0 Å². The van der Waals surface area contributed by atoms with Crippen LogP contribution in [-0.4, -0.2) is 53.9 Å². The second kappa shape index (κ2) is 7.52. The van der Waals surface area contributed by atoms with E-state index in [1.165, 1.54) is 30.0 Å². The summed E-state index contributed by atoms with van der Waals surface area (Å²) in [5.74, 6) is -0.786. The second-order valence-electron chi connectivity index (χ2n) is 6.42. The van der Waals surface area contributed by atoms with Crippen LogP contribution in [-0.2, 0) is 9.59 Å². The fraction of sp³-hybridized carbons (Fsp3) is 0.250. The van der Waals surface area contributed by atoms with E-state index >= 15 is 0 Å². The molecule has 0 bridgehead atoms. The fourth-order valence-corrected chi connectivity index (χ4v) is 4.22. The molecule has 0 spiro atoms. The zero-order valence-corrected chi connectivity index (χ0v) is 15.4. The first-order chi connectivity index (χ1) is 13.1. The smallest absolute Gasteiger partial charge is 0.283 e. The molecule has 1 aliphatic carbocycles. The Morgan fingerprint density at radius 2 is 1.89 bits per heavy atom. The van der Waals surface area contributed by atoms with Crippen molar-refractivity contribution in [3.05, 3.63) is 65.4 Å². The lowest BCUT2D eigenvalue weighted by atomic mass is 10.1. The van der Waals surface area contributed by atoms with Gasteiger partial charge < -0.3 is 9.80 Å². The molecule has 27 heavy (non-hydrogen) atoms. The van der Waals surface area contributed by atoms with E-state index in [2.05, 4.69) is 9.89 Å². The van der Waals surface area contributed by atoms with Gasteiger partial charge in [0.25, 0.3) is 5.91 Å². The van der Waals surface area contributed by atoms with E-state index in [4.69, 9.17) is 0 Å². The summed E-state index contributed by atoms with van der Waals surface area (Å²) in [7, 11) is 0. The highest BCUT2D eigenvalue weighted by Crippen LogP contribution is 2.31. The molecule has 0 aromatic heterocycles. The number of rotatable bonds is 2. The summed E-state index contributed by atoms with van der Waals surface area (Å²) in [6, 6.07) is 6.36. The van der Waals surface area contributed by atoms with E-state index in [0.717, 1.165) is 11.4 Å². The van der Waals surface area contributed by atoms with Crippen LogP contribution >= 0.6 is 11.8 Å². The van der Waals surface area contributed by atoms with Crippen LogP contribution in [0.15, 0.2) is 64.5 Å². The molecule has 3 aliphatic rings. The number of nitrogens with zero attached hydrogens (tertiary/aromatic N) is 3. The van der Waals surface area contributed by atoms with Gasteiger partial charge in [0.05, 0.1) is 15.9 Å². The Bertz CT molecular complexity index is 881. The second-order valence-corrected chi connectivity index (χ2v) is 7.61. The number of carbonyl (C=O) groups excluding carboxylic acids is 2. The average Bonchev–Trinajstić information content (AvgIpc) is 2.69. The van der Waals surface area contributed by atoms with Gasteiger partial charge in [-0.1, -0.05) is 18.2 Å². The van der Waals surface area contributed by atoms with Crippen LogP contribution in [0.1, 0.15) is 0 Å². The van der Waals surface area contributed by atoms with Crippen LogP contribution in [0.3, 0.4) is 0 Å². The molecule has 5 nitrogen and oxygen atoms in total. The first kappa shape index (κ1) is 17.7. The fourth-order valence-electron chi connectivity index (χ4n) is 3.21. The molecule has 1 aromatic carbocycles. The molecule has 138 valence electrons. The Kier molecular flexibility index (Phi) is 4.94. The van der Waals surface area contributed by atoms with Crippen molar-refractivity contribution in [2.24, 2.45) is 4.99 Å². The lowest BCUT2D eigenvalue weighted by Gasteiger charge is -2.35. The Labute approximate surface area is 160 Å². The zero-order valence-electron chi connectivity index (χ0n) is 14.5. The molecule has 1 unspecified atom stereocenters. The number of thioether (sulfide) groups is 1. The molecule has 2 heterocycles. The molecule has 0 saturated carbocycles. The van der Waals surface area contributed by atoms with Crippen LogP contribution in [0.4, 0.5) is 10.1 Å². The van der Waals surface area contributed by atoms with Gasteiger partial charge in [0.1, 0.15) is 5.82 Å². The number of piperazine rings is 1. The molecule has 2 aliphatic heterocycles. The highest BCUT2D eigenvalue weighted by molar-refractivity contribution is 8.05. The monoisotopic (exact) mass is 383 g/mol. The minimum absolute atomic E-state index is 0.0120. The first-order valence-corrected chi connectivity index (χ1v) is 9.64. The minimum atomic E-state index is -0.357. The number of aliphatic imine (C=N–C) groups is 1. The summed E-state index contributed by atoms with van der Waals surface area (Å²) >= 11 is 1.36. The standard InChI is InChI=1S/C20H18FN3O2S/c21-14-5-7-15(8-6-14)23-9-11-24(12-10-23)19(25)13-18-20(26)22-16-3-1-2-4-17(16)27-18/h1-8,13,17H,9-12H2/b18-13-. The van der Waals surface area contributed by atoms with Crippen molar-refractivity contribution < 1.29 is 14.0 Å². The van der Waals surface area contributed by atoms with Gasteiger partial charge >= 0.3 is 0 Å². The Hall–Kier alpha value is -2.67. The van der Waals surface area contributed by atoms with Crippen LogP contribution < -0.4 is 4.90 Å². The number of amides is 2. The lowest BCUT2D eigenvalue weighted by molar-refractivity contribution is -0.126. The molecule has 1 saturated heterocycles. The van der Waals surface area contributed by atoms with Gasteiger partial charge in [0.2, 0.25) is 5.91 Å². The number of fused-ring (bicyclic) bond motifs is 1. The van der Waals surface area contributed by atoms with Gasteiger partial charge in [0, 0.05) is 37.9 Å². The van der Waals surface area contributed by atoms with E-state index in [9.17, 15) is 14.0 Å². The molecular formula is C20H18FN3O2S. The first-order valence-electron chi connectivity index (χ1n) is 8.76. The molecule has 1 fully saturated rings. The molecule has 0 N–H and O–H groups in total. The van der Waals surface area contributed by atoms with Gasteiger partial charge in [-0.05, 0) is 30.3 Å². The quantitative estimate of drug-likeness (QED) is 0.737. The summed E-state index contributed by atoms with van der Waals surface area (Å²) in [5.41, 5.74) is 1.67. The van der Waals surface area contributed by atoms with Gasteiger partial charge in [0.15, 0.2) is 0 Å². The SMILES string of the molecule is O=C1N=C2C=CC=CC2S/C1=C\C(=O)N1CCN(c2ccc(F)cc2)CC1. The molecule has 2 amide bonds. The minimum Gasteiger partial charge on any atom is -0.368 e. The van der Waals surface area contributed by atoms with Crippen molar-refractivity contribution in [2.45, 2.75) is 5.25 Å². The number of halogens is 1. The largest absolute Gasteiger partial charge is 0.368 e. The normalized spacial score (nSPS) is 23.4. The van der Waals surface area contributed by atoms with Crippen LogP contribution in [0.25, 0.3) is 0 Å². The number of anilines is 1. The van der Waals surface area contributed by atoms with E-state index in [1.807, 2.05) is 24.3 Å². The van der Waals surface area contributed by atoms with E-state index in [-0.39, 0.29) is 22.9 Å². The maximum absolute atomic E-state index is 13.1. The molecule has 1 atom stereocenters. The van der Waals surface area contributed by atoms with Gasteiger partial charge in [-0.25, -0.2) is 9.38 Å². The summed E-state index contributed by atoms with van der Waals surface area (Å²) in [5, 5.41) is -0.0120. The number of hydrogen-bond donors (Lipinski definition) is 0. The molecule has 7 heteroatoms. The van der Waals surface area contributed by atoms with Crippen LogP contribution in [0.2, 0.25) is 0 Å². The number of carbonyl (C=O) groups is 2. The highest BCUT2D eigenvalue weighted by atomic mass is 32.2. The van der Waals surface area contributed by atoms with Crippen molar-refractivity contribution in [3.8, 4) is 0 Å². The third-order valence-electron chi connectivity index (χ3n) is 4.69. The van der Waals surface area contributed by atoms with Crippen molar-refractivity contribution >= 4 is 35.0 Å². The molecule has 1 aromatic rings. The van der Waals surface area contributed by atoms with E-state index in [0.29, 0.717) is 31.1 Å². The molecular weight excluding hydrogens is 365 g/mol. The van der Waals surface area contributed by atoms with Crippen molar-refractivity contribution in [1.82, 2.24) is 4.90 Å². The van der Waals surface area contributed by atoms with E-state index < -0.39 is 0 Å². The van der Waals surface area contributed by atoms with Crippen LogP contribution in [0.5, 0.6) is 0 Å². The predicted octanol–water partition coefficient (Wildman–Crippen LogP) is 2.57. The number of hydrogen-bond acceptors (Lipinski definition) is 4. The predicted molar refractivity (Wildman–Crippen MR) is 105 cm³/mol. The van der Waals surface area contributed by atoms with Gasteiger partial charge in [-0.3, -0.25) is 9.59 Å². The zero-order chi connectivity index (χ0) is 18.8.